The first-order chi connectivity index (χ1) is 8.10. The van der Waals surface area contributed by atoms with Gasteiger partial charge >= 0.3 is 5.97 Å². The van der Waals surface area contributed by atoms with Gasteiger partial charge in [-0.25, -0.2) is 0 Å². The molecule has 0 N–H and O–H groups in total. The summed E-state index contributed by atoms with van der Waals surface area (Å²) in [6.07, 6.45) is 5.32. The van der Waals surface area contributed by atoms with Crippen molar-refractivity contribution in [1.82, 2.24) is 0 Å². The van der Waals surface area contributed by atoms with Crippen LogP contribution in [-0.4, -0.2) is 23.4 Å². The lowest BCUT2D eigenvalue weighted by atomic mass is 9.85. The molecule has 0 bridgehead atoms. The van der Waals surface area contributed by atoms with Gasteiger partial charge in [-0.2, -0.15) is 0 Å². The lowest BCUT2D eigenvalue weighted by Gasteiger charge is -2.36. The van der Waals surface area contributed by atoms with Gasteiger partial charge in [0.2, 0.25) is 0 Å². The van der Waals surface area contributed by atoms with Crippen LogP contribution in [0, 0.1) is 5.41 Å². The van der Waals surface area contributed by atoms with Crippen molar-refractivity contribution in [3.8, 4) is 0 Å². The second-order valence-corrected chi connectivity index (χ2v) is 8.97. The summed E-state index contributed by atoms with van der Waals surface area (Å²) < 4.78 is 5.87. The predicted octanol–water partition coefficient (Wildman–Crippen LogP) is 4.37. The highest BCUT2D eigenvalue weighted by atomic mass is 31.1. The molecule has 2 nitrogen and oxygen atoms in total. The van der Waals surface area contributed by atoms with Crippen molar-refractivity contribution in [1.29, 1.82) is 0 Å². The van der Waals surface area contributed by atoms with Gasteiger partial charge in [-0.1, -0.05) is 20.8 Å². The maximum atomic E-state index is 12.5. The van der Waals surface area contributed by atoms with Crippen LogP contribution in [0.25, 0.3) is 0 Å². The number of carbonyl (C=O) groups is 1. The summed E-state index contributed by atoms with van der Waals surface area (Å²) in [5, 5.41) is -0.316. The largest absolute Gasteiger partial charge is 0.459 e. The maximum absolute atomic E-state index is 12.5. The second-order valence-electron chi connectivity index (χ2n) is 7.37. The fourth-order valence-corrected chi connectivity index (χ4v) is 3.85. The topological polar surface area (TPSA) is 26.3 Å². The van der Waals surface area contributed by atoms with Crippen LogP contribution in [0.3, 0.4) is 0 Å². The van der Waals surface area contributed by atoms with E-state index in [2.05, 4.69) is 41.3 Å². The Bertz CT molecular complexity index is 300. The van der Waals surface area contributed by atoms with E-state index in [1.165, 1.54) is 12.8 Å². The molecule has 1 saturated carbocycles. The minimum Gasteiger partial charge on any atom is -0.459 e. The molecule has 0 heterocycles. The summed E-state index contributed by atoms with van der Waals surface area (Å²) in [5.41, 5.74) is -0.0385. The smallest absolute Gasteiger partial charge is 0.316 e. The molecule has 0 aliphatic heterocycles. The summed E-state index contributed by atoms with van der Waals surface area (Å²) in [5.74, 6) is 0.0164. The molecular weight excluding hydrogens is 243 g/mol. The Morgan fingerprint density at radius 2 is 1.72 bits per heavy atom. The first-order valence-electron chi connectivity index (χ1n) is 7.03. The number of hydrogen-bond acceptors (Lipinski definition) is 2. The first-order valence-corrected chi connectivity index (χ1v) is 8.53. The number of rotatable bonds is 4. The zero-order chi connectivity index (χ0) is 14.0. The van der Waals surface area contributed by atoms with Crippen LogP contribution in [-0.2, 0) is 9.53 Å². The fraction of sp³-hybridized carbons (Fsp3) is 0.933. The third kappa shape index (κ3) is 4.23. The van der Waals surface area contributed by atoms with Crippen LogP contribution in [0.4, 0.5) is 0 Å². The van der Waals surface area contributed by atoms with Crippen LogP contribution in [0.2, 0.25) is 0 Å². The number of esters is 1. The number of carbonyl (C=O) groups excluding carboxylic acids is 1. The lowest BCUT2D eigenvalue weighted by Crippen LogP contribution is -2.41. The summed E-state index contributed by atoms with van der Waals surface area (Å²) in [7, 11) is 0.590. The van der Waals surface area contributed by atoms with Crippen molar-refractivity contribution >= 4 is 14.6 Å². The van der Waals surface area contributed by atoms with E-state index < -0.39 is 0 Å². The molecule has 3 heteroatoms. The molecule has 0 aromatic carbocycles. The van der Waals surface area contributed by atoms with Crippen LogP contribution in [0.15, 0.2) is 0 Å². The van der Waals surface area contributed by atoms with Gasteiger partial charge in [0, 0.05) is 0 Å². The molecule has 106 valence electrons. The Kier molecular flexibility index (Phi) is 4.87. The monoisotopic (exact) mass is 272 g/mol. The molecule has 1 rings (SSSR count). The molecule has 1 aliphatic carbocycles. The summed E-state index contributed by atoms with van der Waals surface area (Å²) >= 11 is 0. The Morgan fingerprint density at radius 3 is 2.11 bits per heavy atom. The molecule has 1 aliphatic rings. The molecule has 0 saturated heterocycles. The van der Waals surface area contributed by atoms with Crippen LogP contribution in [0.1, 0.15) is 66.7 Å². The van der Waals surface area contributed by atoms with E-state index >= 15 is 0 Å². The molecule has 2 unspecified atom stereocenters. The van der Waals surface area contributed by atoms with E-state index in [0.29, 0.717) is 8.58 Å². The Balaban J connectivity index is 2.72. The van der Waals surface area contributed by atoms with Crippen molar-refractivity contribution in [3.63, 3.8) is 0 Å². The molecule has 0 spiro atoms. The van der Waals surface area contributed by atoms with Gasteiger partial charge in [0.15, 0.2) is 0 Å². The van der Waals surface area contributed by atoms with Crippen molar-refractivity contribution in [3.05, 3.63) is 0 Å². The minimum absolute atomic E-state index is 0.0164. The molecule has 2 atom stereocenters. The molecule has 0 aromatic rings. The molecule has 0 amide bonds. The maximum Gasteiger partial charge on any atom is 0.316 e. The van der Waals surface area contributed by atoms with Crippen molar-refractivity contribution in [2.45, 2.75) is 77.5 Å². The normalized spacial score (nSPS) is 23.2. The van der Waals surface area contributed by atoms with E-state index in [0.717, 1.165) is 19.3 Å². The third-order valence-corrected chi connectivity index (χ3v) is 5.37. The Hall–Kier alpha value is -0.100. The van der Waals surface area contributed by atoms with Crippen molar-refractivity contribution in [2.24, 2.45) is 5.41 Å². The van der Waals surface area contributed by atoms with E-state index in [4.69, 9.17) is 4.74 Å². The Morgan fingerprint density at radius 1 is 1.22 bits per heavy atom. The molecule has 0 aromatic heterocycles. The quantitative estimate of drug-likeness (QED) is 0.561. The fourth-order valence-electron chi connectivity index (χ4n) is 2.88. The predicted molar refractivity (Wildman–Crippen MR) is 79.7 cm³/mol. The number of ether oxygens (including phenoxy) is 1. The highest BCUT2D eigenvalue weighted by Gasteiger charge is 2.41. The van der Waals surface area contributed by atoms with Gasteiger partial charge in [0.25, 0.3) is 0 Å². The van der Waals surface area contributed by atoms with Crippen molar-refractivity contribution in [2.75, 3.05) is 6.66 Å². The van der Waals surface area contributed by atoms with Gasteiger partial charge < -0.3 is 4.74 Å². The zero-order valence-electron chi connectivity index (χ0n) is 12.9. The molecule has 18 heavy (non-hydrogen) atoms. The molecule has 0 radical (unpaired) electrons. The zero-order valence-corrected chi connectivity index (χ0v) is 13.9. The van der Waals surface area contributed by atoms with Gasteiger partial charge in [0.1, 0.15) is 5.60 Å². The molecule has 1 fully saturated rings. The molecular formula is C15H29O2P. The van der Waals surface area contributed by atoms with E-state index in [9.17, 15) is 4.79 Å². The van der Waals surface area contributed by atoms with E-state index in [1.807, 2.05) is 0 Å². The van der Waals surface area contributed by atoms with Gasteiger partial charge in [-0.3, -0.25) is 4.79 Å². The number of hydrogen-bond donors (Lipinski definition) is 0. The van der Waals surface area contributed by atoms with Crippen molar-refractivity contribution < 1.29 is 9.53 Å². The van der Waals surface area contributed by atoms with Crippen LogP contribution < -0.4 is 0 Å². The van der Waals surface area contributed by atoms with E-state index in [-0.39, 0.29) is 22.1 Å². The second kappa shape index (κ2) is 5.49. The van der Waals surface area contributed by atoms with Gasteiger partial charge in [-0.05, 0) is 58.0 Å². The summed E-state index contributed by atoms with van der Waals surface area (Å²) in [6, 6.07) is 0. The SMILES string of the molecule is CPC(C)(CC(C)(C)C)C(=O)OC1(C)CCCC1. The first kappa shape index (κ1) is 16.0. The average molecular weight is 272 g/mol. The highest BCUT2D eigenvalue weighted by Crippen LogP contribution is 2.42. The third-order valence-electron chi connectivity index (χ3n) is 3.89. The Labute approximate surface area is 114 Å². The highest BCUT2D eigenvalue weighted by molar-refractivity contribution is 7.40. The minimum atomic E-state index is -0.316. The standard InChI is InChI=1S/C15H29O2P/c1-13(2,3)11-15(5,18-6)12(16)17-14(4)9-7-8-10-14/h18H,7-11H2,1-6H3. The van der Waals surface area contributed by atoms with Gasteiger partial charge in [-0.15, -0.1) is 8.58 Å². The summed E-state index contributed by atoms with van der Waals surface area (Å²) in [6.45, 7) is 12.8. The van der Waals surface area contributed by atoms with Crippen LogP contribution >= 0.6 is 8.58 Å². The lowest BCUT2D eigenvalue weighted by molar-refractivity contribution is -0.161. The summed E-state index contributed by atoms with van der Waals surface area (Å²) in [4.78, 5) is 12.5. The van der Waals surface area contributed by atoms with E-state index in [1.54, 1.807) is 0 Å². The van der Waals surface area contributed by atoms with Gasteiger partial charge in [0.05, 0.1) is 5.16 Å². The van der Waals surface area contributed by atoms with Crippen LogP contribution in [0.5, 0.6) is 0 Å². The average Bonchev–Trinajstić information content (AvgIpc) is 2.62.